The number of aryl methyl sites for hydroxylation is 2. The Labute approximate surface area is 162 Å². The van der Waals surface area contributed by atoms with Crippen LogP contribution in [0, 0.1) is 20.8 Å². The Kier molecular flexibility index (Phi) is 5.76. The van der Waals surface area contributed by atoms with E-state index < -0.39 is 5.97 Å². The Bertz CT molecular complexity index is 941. The van der Waals surface area contributed by atoms with Crippen LogP contribution in [0.2, 0.25) is 0 Å². The zero-order valence-electron chi connectivity index (χ0n) is 15.6. The van der Waals surface area contributed by atoms with Gasteiger partial charge in [-0.15, -0.1) is 11.3 Å². The van der Waals surface area contributed by atoms with Crippen molar-refractivity contribution in [2.24, 2.45) is 0 Å². The summed E-state index contributed by atoms with van der Waals surface area (Å²) in [6.07, 6.45) is 3.77. The fourth-order valence-corrected chi connectivity index (χ4v) is 3.77. The van der Waals surface area contributed by atoms with Crippen LogP contribution in [0.3, 0.4) is 0 Å². The van der Waals surface area contributed by atoms with Crippen LogP contribution in [0.4, 0.5) is 0 Å². The van der Waals surface area contributed by atoms with Crippen molar-refractivity contribution in [1.82, 2.24) is 9.88 Å². The first-order chi connectivity index (χ1) is 13.0. The highest BCUT2D eigenvalue weighted by molar-refractivity contribution is 7.15. The first-order valence-corrected chi connectivity index (χ1v) is 9.50. The van der Waals surface area contributed by atoms with Crippen LogP contribution in [0.5, 0.6) is 0 Å². The second-order valence-electron chi connectivity index (χ2n) is 6.39. The number of carbonyl (C=O) groups excluding carboxylic acids is 2. The molecule has 1 amide bonds. The van der Waals surface area contributed by atoms with E-state index in [-0.39, 0.29) is 12.5 Å². The number of benzene rings is 1. The molecule has 2 heterocycles. The fraction of sp³-hybridized carbons (Fsp3) is 0.238. The molecule has 0 fully saturated rings. The monoisotopic (exact) mass is 382 g/mol. The van der Waals surface area contributed by atoms with Crippen LogP contribution < -0.4 is 5.32 Å². The van der Waals surface area contributed by atoms with Crippen molar-refractivity contribution in [3.63, 3.8) is 0 Å². The number of ether oxygens (including phenoxy) is 1. The van der Waals surface area contributed by atoms with Gasteiger partial charge in [0, 0.05) is 23.8 Å². The van der Waals surface area contributed by atoms with Crippen molar-refractivity contribution in [1.29, 1.82) is 0 Å². The van der Waals surface area contributed by atoms with Gasteiger partial charge in [0.05, 0.1) is 5.56 Å². The van der Waals surface area contributed by atoms with Crippen molar-refractivity contribution in [2.75, 3.05) is 6.61 Å². The summed E-state index contributed by atoms with van der Waals surface area (Å²) in [5, 5.41) is 3.57. The maximum Gasteiger partial charge on any atom is 0.341 e. The molecule has 6 heteroatoms. The van der Waals surface area contributed by atoms with Gasteiger partial charge in [-0.3, -0.25) is 4.79 Å². The van der Waals surface area contributed by atoms with E-state index in [1.165, 1.54) is 16.9 Å². The van der Waals surface area contributed by atoms with Gasteiger partial charge in [0.15, 0.2) is 6.61 Å². The Balaban J connectivity index is 1.61. The summed E-state index contributed by atoms with van der Waals surface area (Å²) < 4.78 is 7.16. The molecule has 2 aromatic heterocycles. The number of hydrogen-bond donors (Lipinski definition) is 1. The minimum atomic E-state index is -0.481. The van der Waals surface area contributed by atoms with Crippen LogP contribution >= 0.6 is 11.3 Å². The highest BCUT2D eigenvalue weighted by Crippen LogP contribution is 2.31. The molecule has 0 spiro atoms. The number of hydrogen-bond acceptors (Lipinski definition) is 4. The molecular formula is C21H22N2O3S. The molecule has 0 radical (unpaired) electrons. The lowest BCUT2D eigenvalue weighted by Gasteiger charge is -2.09. The van der Waals surface area contributed by atoms with Gasteiger partial charge in [0.1, 0.15) is 5.00 Å². The summed E-state index contributed by atoms with van der Waals surface area (Å²) in [5.74, 6) is -0.804. The average molecular weight is 382 g/mol. The topological polar surface area (TPSA) is 60.3 Å². The molecule has 1 aromatic carbocycles. The van der Waals surface area contributed by atoms with Crippen molar-refractivity contribution in [3.05, 3.63) is 75.9 Å². The Morgan fingerprint density at radius 2 is 1.74 bits per heavy atom. The lowest BCUT2D eigenvalue weighted by molar-refractivity contribution is -0.124. The third kappa shape index (κ3) is 4.46. The predicted octanol–water partition coefficient (Wildman–Crippen LogP) is 3.94. The van der Waals surface area contributed by atoms with E-state index in [0.717, 1.165) is 21.0 Å². The lowest BCUT2D eigenvalue weighted by Crippen LogP contribution is -2.28. The first kappa shape index (κ1) is 18.9. The Morgan fingerprint density at radius 3 is 2.41 bits per heavy atom. The first-order valence-electron chi connectivity index (χ1n) is 8.68. The molecule has 0 saturated heterocycles. The minimum Gasteiger partial charge on any atom is -0.452 e. The molecule has 3 rings (SSSR count). The van der Waals surface area contributed by atoms with Gasteiger partial charge in [-0.25, -0.2) is 4.79 Å². The zero-order chi connectivity index (χ0) is 19.4. The van der Waals surface area contributed by atoms with Gasteiger partial charge >= 0.3 is 5.97 Å². The number of aromatic nitrogens is 1. The summed E-state index contributed by atoms with van der Waals surface area (Å²) >= 11 is 1.53. The highest BCUT2D eigenvalue weighted by Gasteiger charge is 2.22. The van der Waals surface area contributed by atoms with Crippen LogP contribution in [0.15, 0.2) is 48.8 Å². The quantitative estimate of drug-likeness (QED) is 0.657. The summed E-state index contributed by atoms with van der Waals surface area (Å²) in [4.78, 5) is 25.7. The molecule has 0 aliphatic heterocycles. The number of thiophene rings is 1. The molecule has 3 aromatic rings. The van der Waals surface area contributed by atoms with Crippen molar-refractivity contribution in [2.45, 2.75) is 27.3 Å². The van der Waals surface area contributed by atoms with Gasteiger partial charge in [-0.1, -0.05) is 29.8 Å². The average Bonchev–Trinajstić information content (AvgIpc) is 3.28. The molecule has 27 heavy (non-hydrogen) atoms. The number of nitrogens with one attached hydrogen (secondary N) is 1. The van der Waals surface area contributed by atoms with Gasteiger partial charge in [-0.2, -0.15) is 0 Å². The zero-order valence-corrected chi connectivity index (χ0v) is 16.4. The Morgan fingerprint density at radius 1 is 1.07 bits per heavy atom. The Hall–Kier alpha value is -2.86. The molecule has 0 aliphatic carbocycles. The SMILES string of the molecule is Cc1ccc(CNC(=O)COC(=O)c2c(-n3cccc3)sc(C)c2C)cc1. The minimum absolute atomic E-state index is 0.301. The molecule has 0 atom stereocenters. The fourth-order valence-electron chi connectivity index (χ4n) is 2.66. The number of esters is 1. The standard InChI is InChI=1S/C21H22N2O3S/c1-14-6-8-17(9-7-14)12-22-18(24)13-26-21(25)19-15(2)16(3)27-20(19)23-10-4-5-11-23/h4-11H,12-13H2,1-3H3,(H,22,24). The van der Waals surface area contributed by atoms with Gasteiger partial charge in [0.2, 0.25) is 0 Å². The molecule has 0 bridgehead atoms. The van der Waals surface area contributed by atoms with Gasteiger partial charge in [-0.05, 0) is 44.0 Å². The second-order valence-corrected chi connectivity index (χ2v) is 7.60. The van der Waals surface area contributed by atoms with E-state index in [4.69, 9.17) is 4.74 Å². The molecule has 140 valence electrons. The number of carbonyl (C=O) groups is 2. The lowest BCUT2D eigenvalue weighted by atomic mass is 10.1. The molecule has 0 aliphatic rings. The van der Waals surface area contributed by atoms with Gasteiger partial charge in [0.25, 0.3) is 5.91 Å². The maximum atomic E-state index is 12.6. The third-order valence-corrected chi connectivity index (χ3v) is 5.58. The summed E-state index contributed by atoms with van der Waals surface area (Å²) in [6.45, 7) is 5.98. The summed E-state index contributed by atoms with van der Waals surface area (Å²) in [7, 11) is 0. The second kappa shape index (κ2) is 8.22. The number of nitrogens with zero attached hydrogens (tertiary/aromatic N) is 1. The van der Waals surface area contributed by atoms with E-state index in [9.17, 15) is 9.59 Å². The van der Waals surface area contributed by atoms with Crippen molar-refractivity contribution >= 4 is 23.2 Å². The van der Waals surface area contributed by atoms with E-state index in [1.807, 2.05) is 74.1 Å². The predicted molar refractivity (Wildman–Crippen MR) is 106 cm³/mol. The smallest absolute Gasteiger partial charge is 0.341 e. The molecule has 0 saturated carbocycles. The molecule has 0 unspecified atom stereocenters. The summed E-state index contributed by atoms with van der Waals surface area (Å²) in [6, 6.07) is 11.7. The van der Waals surface area contributed by atoms with E-state index in [0.29, 0.717) is 12.1 Å². The number of amides is 1. The van der Waals surface area contributed by atoms with E-state index in [2.05, 4.69) is 5.32 Å². The highest BCUT2D eigenvalue weighted by atomic mass is 32.1. The number of rotatable bonds is 6. The molecule has 5 nitrogen and oxygen atoms in total. The van der Waals surface area contributed by atoms with Crippen molar-refractivity contribution in [3.8, 4) is 5.00 Å². The molecular weight excluding hydrogens is 360 g/mol. The van der Waals surface area contributed by atoms with E-state index in [1.54, 1.807) is 0 Å². The molecule has 1 N–H and O–H groups in total. The maximum absolute atomic E-state index is 12.6. The van der Waals surface area contributed by atoms with Crippen molar-refractivity contribution < 1.29 is 14.3 Å². The van der Waals surface area contributed by atoms with Crippen LogP contribution in [-0.4, -0.2) is 23.1 Å². The van der Waals surface area contributed by atoms with Crippen LogP contribution in [0.1, 0.15) is 31.9 Å². The largest absolute Gasteiger partial charge is 0.452 e. The van der Waals surface area contributed by atoms with Gasteiger partial charge < -0.3 is 14.6 Å². The van der Waals surface area contributed by atoms with Crippen LogP contribution in [0.25, 0.3) is 5.00 Å². The van der Waals surface area contributed by atoms with E-state index >= 15 is 0 Å². The third-order valence-electron chi connectivity index (χ3n) is 4.35. The summed E-state index contributed by atoms with van der Waals surface area (Å²) in [5.41, 5.74) is 3.56. The normalized spacial score (nSPS) is 10.6. The van der Waals surface area contributed by atoms with Crippen LogP contribution in [-0.2, 0) is 16.1 Å².